The fraction of sp³-hybridized carbons (Fsp3) is 0. The fourth-order valence-corrected chi connectivity index (χ4v) is 6.46. The average Bonchev–Trinajstić information content (AvgIpc) is 2.62. The van der Waals surface area contributed by atoms with Crippen molar-refractivity contribution < 1.29 is 9.13 Å². The van der Waals surface area contributed by atoms with Crippen molar-refractivity contribution in [3.05, 3.63) is 84.9 Å². The molecule has 3 aromatic rings. The van der Waals surface area contributed by atoms with Gasteiger partial charge in [0.2, 0.25) is 0 Å². The largest absolute Gasteiger partial charge is 0.325 e. The van der Waals surface area contributed by atoms with E-state index in [0.717, 1.165) is 10.6 Å². The molecular weight excluding hydrogens is 310 g/mol. The van der Waals surface area contributed by atoms with Crippen LogP contribution in [0.25, 0.3) is 0 Å². The highest BCUT2D eigenvalue weighted by atomic mass is 31.2. The monoisotopic (exact) mass is 326 g/mol. The van der Waals surface area contributed by atoms with Crippen LogP contribution in [0.2, 0.25) is 0 Å². The van der Waals surface area contributed by atoms with Crippen LogP contribution in [0.3, 0.4) is 0 Å². The van der Waals surface area contributed by atoms with E-state index in [0.29, 0.717) is 10.6 Å². The van der Waals surface area contributed by atoms with Crippen LogP contribution in [-0.4, -0.2) is 0 Å². The molecule has 0 aliphatic carbocycles. The van der Waals surface area contributed by atoms with E-state index in [2.05, 4.69) is 0 Å². The normalized spacial score (nSPS) is 11.8. The predicted octanol–water partition coefficient (Wildman–Crippen LogP) is 2.71. The minimum atomic E-state index is -3.01. The maximum atomic E-state index is 14.1. The summed E-state index contributed by atoms with van der Waals surface area (Å²) in [4.78, 5) is 0. The first-order chi connectivity index (χ1) is 10.8. The molecule has 0 saturated heterocycles. The van der Waals surface area contributed by atoms with Crippen molar-refractivity contribution in [3.8, 4) is 0 Å². The molecule has 3 aromatic carbocycles. The molecule has 0 aliphatic rings. The Morgan fingerprint density at radius 3 is 1.59 bits per heavy atom. The van der Waals surface area contributed by atoms with Gasteiger partial charge in [0.25, 0.3) is 0 Å². The Morgan fingerprint density at radius 1 is 0.636 bits per heavy atom. The van der Waals surface area contributed by atoms with E-state index in [-0.39, 0.29) is 0 Å². The van der Waals surface area contributed by atoms with Crippen molar-refractivity contribution in [2.24, 2.45) is 0 Å². The zero-order chi connectivity index (χ0) is 15.4. The molecule has 110 valence electrons. The third-order valence-electron chi connectivity index (χ3n) is 3.64. The molecule has 22 heavy (non-hydrogen) atoms. The summed E-state index contributed by atoms with van der Waals surface area (Å²) in [6, 6.07) is 26.2. The molecule has 1 unspecified atom stereocenters. The Balaban J connectivity index is 2.34. The molecule has 0 radical (unpaired) electrons. The third-order valence-corrected chi connectivity index (χ3v) is 7.78. The van der Waals surface area contributed by atoms with Gasteiger partial charge in [-0.15, -0.1) is 0 Å². The first-order valence-electron chi connectivity index (χ1n) is 7.03. The SMILES string of the molecule is O=[PH2]c1ccccc1P(=O)(c1ccccc1)c1ccccc1. The van der Waals surface area contributed by atoms with Crippen LogP contribution in [0.15, 0.2) is 84.9 Å². The Morgan fingerprint density at radius 2 is 1.09 bits per heavy atom. The van der Waals surface area contributed by atoms with Crippen molar-refractivity contribution in [3.63, 3.8) is 0 Å². The minimum Gasteiger partial charge on any atom is -0.325 e. The summed E-state index contributed by atoms with van der Waals surface area (Å²) in [7, 11) is -4.15. The van der Waals surface area contributed by atoms with Gasteiger partial charge in [-0.3, -0.25) is 0 Å². The summed E-state index contributed by atoms with van der Waals surface area (Å²) in [5.74, 6) is 0. The van der Waals surface area contributed by atoms with E-state index in [9.17, 15) is 9.13 Å². The van der Waals surface area contributed by atoms with E-state index in [1.54, 1.807) is 6.07 Å². The van der Waals surface area contributed by atoms with E-state index < -0.39 is 15.6 Å². The van der Waals surface area contributed by atoms with Gasteiger partial charge in [0.15, 0.2) is 7.14 Å². The van der Waals surface area contributed by atoms with Gasteiger partial charge in [0, 0.05) is 21.2 Å². The zero-order valence-electron chi connectivity index (χ0n) is 11.9. The van der Waals surface area contributed by atoms with Crippen LogP contribution < -0.4 is 21.2 Å². The van der Waals surface area contributed by atoms with Gasteiger partial charge in [-0.25, -0.2) is 0 Å². The average molecular weight is 326 g/mol. The fourth-order valence-electron chi connectivity index (χ4n) is 2.58. The minimum absolute atomic E-state index is 0.678. The topological polar surface area (TPSA) is 34.1 Å². The summed E-state index contributed by atoms with van der Waals surface area (Å²) >= 11 is 0. The van der Waals surface area contributed by atoms with Gasteiger partial charge in [-0.05, 0) is 0 Å². The molecule has 0 heterocycles. The lowest BCUT2D eigenvalue weighted by molar-refractivity contribution is 0.592. The summed E-state index contributed by atoms with van der Waals surface area (Å²) in [5, 5.41) is 2.89. The number of hydrogen-bond acceptors (Lipinski definition) is 2. The molecule has 0 aliphatic heterocycles. The molecule has 3 rings (SSSR count). The smallest absolute Gasteiger partial charge is 0.171 e. The summed E-state index contributed by atoms with van der Waals surface area (Å²) in [6.07, 6.45) is 0. The second-order valence-electron chi connectivity index (χ2n) is 4.96. The standard InChI is InChI=1S/C18H16O2P2/c19-21-17-13-7-8-14-18(17)22(20,15-9-3-1-4-10-15)16-11-5-2-6-12-16/h1-14H,21H2. The van der Waals surface area contributed by atoms with Gasteiger partial charge in [0.05, 0.1) is 8.46 Å². The summed E-state index contributed by atoms with van der Waals surface area (Å²) in [5.41, 5.74) is 0. The van der Waals surface area contributed by atoms with Crippen molar-refractivity contribution in [1.29, 1.82) is 0 Å². The number of hydrogen-bond donors (Lipinski definition) is 0. The van der Waals surface area contributed by atoms with Crippen LogP contribution in [0.5, 0.6) is 0 Å². The Bertz CT molecular complexity index is 786. The third kappa shape index (κ3) is 2.61. The van der Waals surface area contributed by atoms with E-state index in [1.165, 1.54) is 0 Å². The van der Waals surface area contributed by atoms with Crippen molar-refractivity contribution >= 4 is 36.8 Å². The first-order valence-corrected chi connectivity index (χ1v) is 9.78. The molecule has 1 atom stereocenters. The molecule has 0 aromatic heterocycles. The predicted molar refractivity (Wildman–Crippen MR) is 95.9 cm³/mol. The Labute approximate surface area is 131 Å². The van der Waals surface area contributed by atoms with E-state index in [4.69, 9.17) is 0 Å². The van der Waals surface area contributed by atoms with Crippen LogP contribution in [0.1, 0.15) is 0 Å². The van der Waals surface area contributed by atoms with Crippen LogP contribution in [0, 0.1) is 0 Å². The van der Waals surface area contributed by atoms with Crippen LogP contribution in [-0.2, 0) is 9.13 Å². The molecule has 0 N–H and O–H groups in total. The highest BCUT2D eigenvalue weighted by molar-refractivity contribution is 7.86. The van der Waals surface area contributed by atoms with Gasteiger partial charge in [-0.2, -0.15) is 0 Å². The van der Waals surface area contributed by atoms with Crippen molar-refractivity contribution in [1.82, 2.24) is 0 Å². The van der Waals surface area contributed by atoms with Crippen LogP contribution >= 0.6 is 15.6 Å². The molecule has 4 heteroatoms. The maximum Gasteiger partial charge on any atom is 0.171 e. The van der Waals surface area contributed by atoms with E-state index in [1.807, 2.05) is 78.9 Å². The molecule has 0 amide bonds. The second-order valence-corrected chi connectivity index (χ2v) is 8.55. The summed E-state index contributed by atoms with van der Waals surface area (Å²) < 4.78 is 25.7. The summed E-state index contributed by atoms with van der Waals surface area (Å²) in [6.45, 7) is 0. The lowest BCUT2D eigenvalue weighted by Gasteiger charge is -2.21. The van der Waals surface area contributed by atoms with Crippen molar-refractivity contribution in [2.75, 3.05) is 0 Å². The van der Waals surface area contributed by atoms with Gasteiger partial charge < -0.3 is 9.13 Å². The maximum absolute atomic E-state index is 14.1. The highest BCUT2D eigenvalue weighted by Gasteiger charge is 2.31. The van der Waals surface area contributed by atoms with Gasteiger partial charge in [0.1, 0.15) is 0 Å². The quantitative estimate of drug-likeness (QED) is 0.691. The second kappa shape index (κ2) is 6.48. The van der Waals surface area contributed by atoms with E-state index >= 15 is 0 Å². The molecule has 0 saturated carbocycles. The zero-order valence-corrected chi connectivity index (χ0v) is 14.0. The number of rotatable bonds is 4. The first kappa shape index (κ1) is 15.0. The number of benzene rings is 3. The molecule has 0 spiro atoms. The van der Waals surface area contributed by atoms with Crippen molar-refractivity contribution in [2.45, 2.75) is 0 Å². The van der Waals surface area contributed by atoms with Gasteiger partial charge in [-0.1, -0.05) is 84.9 Å². The Kier molecular flexibility index (Phi) is 4.43. The lowest BCUT2D eigenvalue weighted by Crippen LogP contribution is -2.31. The van der Waals surface area contributed by atoms with Gasteiger partial charge >= 0.3 is 0 Å². The highest BCUT2D eigenvalue weighted by Crippen LogP contribution is 2.42. The molecule has 0 fully saturated rings. The Hall–Kier alpha value is -1.88. The van der Waals surface area contributed by atoms with Crippen LogP contribution in [0.4, 0.5) is 0 Å². The molecule has 2 nitrogen and oxygen atoms in total. The molecular formula is C18H16O2P2. The lowest BCUT2D eigenvalue weighted by atomic mass is 10.3. The molecule has 0 bridgehead atoms.